The molecule has 3 aromatic carbocycles. The molecule has 0 radical (unpaired) electrons. The van der Waals surface area contributed by atoms with Gasteiger partial charge < -0.3 is 10.1 Å². The Balaban J connectivity index is 1.61. The number of nitrogens with zero attached hydrogens (tertiary/aromatic N) is 5. The second-order valence-corrected chi connectivity index (χ2v) is 9.28. The lowest BCUT2D eigenvalue weighted by Crippen LogP contribution is -2.26. The van der Waals surface area contributed by atoms with Gasteiger partial charge in [-0.05, 0) is 65.9 Å². The normalized spacial score (nSPS) is 11.1. The average molecular weight is 479 g/mol. The maximum Gasteiger partial charge on any atom is 0.264 e. The molecule has 34 heavy (non-hydrogen) atoms. The standard InChI is InChI=1S/C23H22N6O4S/c1-16-25-26-27-29(16)21-15-18(12-13-22(21)33-3)24-23(30)17-8-7-11-20(14-17)34(31,32)28(2)19-9-5-4-6-10-19/h4-15H,1-3H3,(H,24,30). The van der Waals surface area contributed by atoms with Crippen LogP contribution >= 0.6 is 0 Å². The summed E-state index contributed by atoms with van der Waals surface area (Å²) in [7, 11) is -0.867. The number of anilines is 2. The van der Waals surface area contributed by atoms with Gasteiger partial charge in [0.15, 0.2) is 5.82 Å². The third kappa shape index (κ3) is 4.46. The van der Waals surface area contributed by atoms with E-state index in [4.69, 9.17) is 4.74 Å². The Morgan fingerprint density at radius 1 is 1.03 bits per heavy atom. The summed E-state index contributed by atoms with van der Waals surface area (Å²) in [6, 6.07) is 19.6. The van der Waals surface area contributed by atoms with Gasteiger partial charge in [-0.25, -0.2) is 8.42 Å². The Morgan fingerprint density at radius 3 is 2.47 bits per heavy atom. The van der Waals surface area contributed by atoms with Gasteiger partial charge in [0.05, 0.1) is 17.7 Å². The highest BCUT2D eigenvalue weighted by Gasteiger charge is 2.22. The molecule has 0 saturated heterocycles. The predicted molar refractivity (Wildman–Crippen MR) is 127 cm³/mol. The highest BCUT2D eigenvalue weighted by Crippen LogP contribution is 2.27. The van der Waals surface area contributed by atoms with Gasteiger partial charge in [-0.15, -0.1) is 5.10 Å². The lowest BCUT2D eigenvalue weighted by Gasteiger charge is -2.19. The summed E-state index contributed by atoms with van der Waals surface area (Å²) in [5.41, 5.74) is 1.72. The fraction of sp³-hybridized carbons (Fsp3) is 0.130. The first kappa shape index (κ1) is 22.9. The molecule has 0 fully saturated rings. The maximum atomic E-state index is 13.1. The lowest BCUT2D eigenvalue weighted by atomic mass is 10.2. The summed E-state index contributed by atoms with van der Waals surface area (Å²) >= 11 is 0. The monoisotopic (exact) mass is 478 g/mol. The number of aryl methyl sites for hydroxylation is 1. The number of methoxy groups -OCH3 is 1. The van der Waals surface area contributed by atoms with Gasteiger partial charge >= 0.3 is 0 Å². The van der Waals surface area contributed by atoms with Crippen molar-refractivity contribution in [1.82, 2.24) is 20.2 Å². The van der Waals surface area contributed by atoms with E-state index in [1.807, 2.05) is 0 Å². The fourth-order valence-corrected chi connectivity index (χ4v) is 4.57. The van der Waals surface area contributed by atoms with Crippen LogP contribution in [-0.4, -0.2) is 48.7 Å². The topological polar surface area (TPSA) is 119 Å². The summed E-state index contributed by atoms with van der Waals surface area (Å²) < 4.78 is 34.2. The molecule has 0 aliphatic heterocycles. The number of tetrazole rings is 1. The molecule has 1 heterocycles. The van der Waals surface area contributed by atoms with Crippen molar-refractivity contribution in [2.45, 2.75) is 11.8 Å². The molecule has 1 aromatic heterocycles. The van der Waals surface area contributed by atoms with Crippen LogP contribution in [0.25, 0.3) is 5.69 Å². The van der Waals surface area contributed by atoms with Crippen LogP contribution in [0, 0.1) is 6.92 Å². The third-order valence-corrected chi connectivity index (χ3v) is 6.95. The minimum Gasteiger partial charge on any atom is -0.494 e. The second-order valence-electron chi connectivity index (χ2n) is 7.31. The minimum atomic E-state index is -3.86. The lowest BCUT2D eigenvalue weighted by molar-refractivity contribution is 0.102. The Hall–Kier alpha value is -4.25. The number of sulfonamides is 1. The van der Waals surface area contributed by atoms with E-state index in [1.165, 1.54) is 41.3 Å². The number of aromatic nitrogens is 4. The minimum absolute atomic E-state index is 0.00578. The average Bonchev–Trinajstić information content (AvgIpc) is 3.29. The Bertz CT molecular complexity index is 1440. The van der Waals surface area contributed by atoms with Crippen molar-refractivity contribution >= 4 is 27.3 Å². The molecular formula is C23H22N6O4S. The summed E-state index contributed by atoms with van der Waals surface area (Å²) in [4.78, 5) is 13.0. The van der Waals surface area contributed by atoms with Crippen LogP contribution in [-0.2, 0) is 10.0 Å². The Kier molecular flexibility index (Phi) is 6.28. The molecular weight excluding hydrogens is 456 g/mol. The maximum absolute atomic E-state index is 13.1. The Labute approximate surface area is 196 Å². The number of rotatable bonds is 7. The number of amides is 1. The van der Waals surface area contributed by atoms with Gasteiger partial charge in [0.2, 0.25) is 0 Å². The molecule has 0 atom stereocenters. The van der Waals surface area contributed by atoms with E-state index in [2.05, 4.69) is 20.8 Å². The van der Waals surface area contributed by atoms with E-state index >= 15 is 0 Å². The largest absolute Gasteiger partial charge is 0.494 e. The molecule has 0 bridgehead atoms. The second kappa shape index (κ2) is 9.32. The van der Waals surface area contributed by atoms with Crippen LogP contribution in [0.2, 0.25) is 0 Å². The number of hydrogen-bond donors (Lipinski definition) is 1. The number of carbonyl (C=O) groups is 1. The number of hydrogen-bond acceptors (Lipinski definition) is 7. The van der Waals surface area contributed by atoms with Crippen LogP contribution in [0.1, 0.15) is 16.2 Å². The smallest absolute Gasteiger partial charge is 0.264 e. The van der Waals surface area contributed by atoms with Crippen LogP contribution < -0.4 is 14.4 Å². The van der Waals surface area contributed by atoms with E-state index in [9.17, 15) is 13.2 Å². The van der Waals surface area contributed by atoms with Crippen LogP contribution in [0.5, 0.6) is 5.75 Å². The van der Waals surface area contributed by atoms with Crippen molar-refractivity contribution in [1.29, 1.82) is 0 Å². The van der Waals surface area contributed by atoms with E-state index in [-0.39, 0.29) is 10.5 Å². The van der Waals surface area contributed by atoms with Gasteiger partial charge in [0.1, 0.15) is 11.4 Å². The van der Waals surface area contributed by atoms with Crippen LogP contribution in [0.15, 0.2) is 77.7 Å². The number of ether oxygens (including phenoxy) is 1. The van der Waals surface area contributed by atoms with Crippen LogP contribution in [0.3, 0.4) is 0 Å². The zero-order valence-electron chi connectivity index (χ0n) is 18.7. The fourth-order valence-electron chi connectivity index (χ4n) is 3.32. The molecule has 0 spiro atoms. The first-order valence-corrected chi connectivity index (χ1v) is 11.6. The van der Waals surface area contributed by atoms with E-state index in [0.29, 0.717) is 28.6 Å². The summed E-state index contributed by atoms with van der Waals surface area (Å²) in [5, 5.41) is 14.2. The highest BCUT2D eigenvalue weighted by atomic mass is 32.2. The van der Waals surface area contributed by atoms with Crippen LogP contribution in [0.4, 0.5) is 11.4 Å². The number of benzene rings is 3. The quantitative estimate of drug-likeness (QED) is 0.433. The van der Waals surface area contributed by atoms with Crippen molar-refractivity contribution in [2.75, 3.05) is 23.8 Å². The van der Waals surface area contributed by atoms with Crippen molar-refractivity contribution in [3.63, 3.8) is 0 Å². The zero-order valence-corrected chi connectivity index (χ0v) is 19.5. The number of nitrogens with one attached hydrogen (secondary N) is 1. The van der Waals surface area contributed by atoms with Crippen molar-refractivity contribution in [3.05, 3.63) is 84.2 Å². The van der Waals surface area contributed by atoms with Gasteiger partial charge in [-0.2, -0.15) is 4.68 Å². The number of para-hydroxylation sites is 1. The summed E-state index contributed by atoms with van der Waals surface area (Å²) in [5.74, 6) is 0.594. The van der Waals surface area contributed by atoms with Crippen molar-refractivity contribution < 1.29 is 17.9 Å². The molecule has 0 unspecified atom stereocenters. The van der Waals surface area contributed by atoms with E-state index in [1.54, 1.807) is 61.5 Å². The zero-order chi connectivity index (χ0) is 24.3. The molecule has 174 valence electrons. The Morgan fingerprint density at radius 2 is 1.79 bits per heavy atom. The highest BCUT2D eigenvalue weighted by molar-refractivity contribution is 7.92. The third-order valence-electron chi connectivity index (χ3n) is 5.16. The molecule has 1 amide bonds. The summed E-state index contributed by atoms with van der Waals surface area (Å²) in [6.07, 6.45) is 0. The SMILES string of the molecule is COc1ccc(NC(=O)c2cccc(S(=O)(=O)N(C)c3ccccc3)c2)cc1-n1nnnc1C. The van der Waals surface area contributed by atoms with Gasteiger partial charge in [-0.1, -0.05) is 24.3 Å². The molecule has 0 aliphatic carbocycles. The van der Waals surface area contributed by atoms with E-state index in [0.717, 1.165) is 0 Å². The van der Waals surface area contributed by atoms with E-state index < -0.39 is 15.9 Å². The van der Waals surface area contributed by atoms with Gasteiger partial charge in [0, 0.05) is 18.3 Å². The molecule has 10 nitrogen and oxygen atoms in total. The van der Waals surface area contributed by atoms with Gasteiger partial charge in [-0.3, -0.25) is 9.10 Å². The molecule has 0 saturated carbocycles. The van der Waals surface area contributed by atoms with Crippen molar-refractivity contribution in [3.8, 4) is 11.4 Å². The molecule has 1 N–H and O–H groups in total. The molecule has 11 heteroatoms. The first-order valence-electron chi connectivity index (χ1n) is 10.2. The number of carbonyl (C=O) groups excluding carboxylic acids is 1. The first-order chi connectivity index (χ1) is 16.3. The summed E-state index contributed by atoms with van der Waals surface area (Å²) in [6.45, 7) is 1.74. The predicted octanol–water partition coefficient (Wildman–Crippen LogP) is 3.06. The van der Waals surface area contributed by atoms with Crippen molar-refractivity contribution in [2.24, 2.45) is 0 Å². The molecule has 0 aliphatic rings. The molecule has 4 rings (SSSR count). The molecule has 4 aromatic rings. The van der Waals surface area contributed by atoms with Gasteiger partial charge in [0.25, 0.3) is 15.9 Å².